The SMILES string of the molecule is C.C.CC(C)C(=O)NC(C)c1cccc(C(C)(C)O)n1.CC(C)C(=O)NCc1cccc(C(C)(C)O)n1.CC(C)NCCc1cccc(C(C)(C)C)n1.CC(C)NCc1cccc(C(C)(C)O)n1.CC(C)OCCc1cccc(C(C)(C)C)n1.CC(C)OCCc1cccc(COC2CCOC2)n1.CC(C)OCc1cccc(C(C)(C)O)n1.CC(C)OCc1cccc(COC2CCOC2)n1. The van der Waals surface area contributed by atoms with Crippen molar-refractivity contribution >= 4 is 11.8 Å². The summed E-state index contributed by atoms with van der Waals surface area (Å²) in [6, 6.07) is 47.7. The van der Waals surface area contributed by atoms with Crippen LogP contribution in [0.25, 0.3) is 0 Å². The maximum atomic E-state index is 11.6. The number of amides is 2. The molecule has 8 aromatic rings. The quantitative estimate of drug-likeness (QED) is 0.0179. The van der Waals surface area contributed by atoms with Gasteiger partial charge in [-0.05, 0) is 228 Å². The first-order chi connectivity index (χ1) is 62.6. The lowest BCUT2D eigenvalue weighted by molar-refractivity contribution is -0.125. The molecule has 0 bridgehead atoms. The molecule has 10 heterocycles. The van der Waals surface area contributed by atoms with Crippen molar-refractivity contribution in [3.05, 3.63) is 237 Å². The summed E-state index contributed by atoms with van der Waals surface area (Å²) in [5, 5.41) is 51.7. The van der Waals surface area contributed by atoms with Crippen LogP contribution in [-0.4, -0.2) is 167 Å². The van der Waals surface area contributed by atoms with E-state index < -0.39 is 22.4 Å². The van der Waals surface area contributed by atoms with Crippen molar-refractivity contribution in [3.63, 3.8) is 0 Å². The van der Waals surface area contributed by atoms with Gasteiger partial charge in [-0.15, -0.1) is 0 Å². The van der Waals surface area contributed by atoms with Gasteiger partial charge in [0.1, 0.15) is 22.4 Å². The minimum absolute atomic E-state index is 0. The van der Waals surface area contributed by atoms with Crippen molar-refractivity contribution in [1.29, 1.82) is 0 Å². The van der Waals surface area contributed by atoms with E-state index in [1.165, 1.54) is 11.4 Å². The zero-order valence-corrected chi connectivity index (χ0v) is 87.4. The van der Waals surface area contributed by atoms with Gasteiger partial charge in [0.15, 0.2) is 0 Å². The number of carbonyl (C=O) groups is 2. The van der Waals surface area contributed by atoms with E-state index in [1.807, 2.05) is 173 Å². The Balaban J connectivity index is 0.000000777. The van der Waals surface area contributed by atoms with Crippen LogP contribution >= 0.6 is 0 Å². The number of aliphatic hydroxyl groups is 4. The molecule has 8 aromatic heterocycles. The summed E-state index contributed by atoms with van der Waals surface area (Å²) in [4.78, 5) is 58.9. The van der Waals surface area contributed by atoms with Gasteiger partial charge in [-0.25, -0.2) is 0 Å². The normalized spacial score (nSPS) is 14.1. The Hall–Kier alpha value is -8.42. The highest BCUT2D eigenvalue weighted by Gasteiger charge is 2.25. The molecule has 0 spiro atoms. The molecule has 136 heavy (non-hydrogen) atoms. The van der Waals surface area contributed by atoms with E-state index in [0.29, 0.717) is 93.8 Å². The van der Waals surface area contributed by atoms with E-state index in [-0.39, 0.29) is 85.9 Å². The molecule has 0 aliphatic carbocycles. The number of hydrogen-bond acceptors (Lipinski definition) is 24. The number of rotatable bonds is 37. The molecule has 2 aliphatic rings. The minimum Gasteiger partial charge on any atom is -0.384 e. The van der Waals surface area contributed by atoms with E-state index in [9.17, 15) is 30.0 Å². The smallest absolute Gasteiger partial charge is 0.223 e. The molecule has 10 rings (SSSR count). The molecular formula is C110H180N12O14. The maximum Gasteiger partial charge on any atom is 0.223 e. The average Bonchev–Trinajstić information content (AvgIpc) is 1.05. The fraction of sp³-hybridized carbons (Fsp3) is 0.618. The number of ether oxygens (including phenoxy) is 8. The first-order valence-electron chi connectivity index (χ1n) is 48.1. The number of carbonyl (C=O) groups excluding carboxylic acids is 2. The van der Waals surface area contributed by atoms with Gasteiger partial charge in [0.25, 0.3) is 0 Å². The van der Waals surface area contributed by atoms with Crippen LogP contribution in [0.3, 0.4) is 0 Å². The largest absolute Gasteiger partial charge is 0.384 e. The molecule has 26 heteroatoms. The molecule has 2 amide bonds. The Morgan fingerprint density at radius 2 is 0.654 bits per heavy atom. The minimum atomic E-state index is -0.974. The molecule has 3 atom stereocenters. The van der Waals surface area contributed by atoms with Crippen LogP contribution in [-0.2, 0) is 139 Å². The Kier molecular flexibility index (Phi) is 59.1. The molecule has 26 nitrogen and oxygen atoms in total. The molecule has 2 saturated heterocycles. The lowest BCUT2D eigenvalue weighted by Gasteiger charge is -2.20. The molecule has 764 valence electrons. The highest BCUT2D eigenvalue weighted by atomic mass is 16.6. The molecule has 2 aliphatic heterocycles. The molecule has 0 aromatic carbocycles. The van der Waals surface area contributed by atoms with Crippen molar-refractivity contribution in [1.82, 2.24) is 61.1 Å². The first kappa shape index (κ1) is 126. The predicted molar refractivity (Wildman–Crippen MR) is 550 cm³/mol. The van der Waals surface area contributed by atoms with Gasteiger partial charge in [0.2, 0.25) is 11.8 Å². The Morgan fingerprint density at radius 1 is 0.353 bits per heavy atom. The van der Waals surface area contributed by atoms with Crippen LogP contribution in [0, 0.1) is 11.8 Å². The number of aromatic nitrogens is 8. The van der Waals surface area contributed by atoms with Crippen molar-refractivity contribution in [2.75, 3.05) is 46.2 Å². The maximum absolute atomic E-state index is 11.6. The third-order valence-electron chi connectivity index (χ3n) is 20.0. The van der Waals surface area contributed by atoms with Crippen LogP contribution in [0.2, 0.25) is 0 Å². The zero-order valence-electron chi connectivity index (χ0n) is 87.4. The third kappa shape index (κ3) is 56.6. The molecule has 0 radical (unpaired) electrons. The number of nitrogens with one attached hydrogen (secondary N) is 4. The third-order valence-corrected chi connectivity index (χ3v) is 20.0. The van der Waals surface area contributed by atoms with E-state index in [2.05, 4.69) is 176 Å². The van der Waals surface area contributed by atoms with Gasteiger partial charge in [-0.2, -0.15) is 0 Å². The second-order valence-corrected chi connectivity index (χ2v) is 40.3. The summed E-state index contributed by atoms with van der Waals surface area (Å²) < 4.78 is 44.1. The molecule has 0 saturated carbocycles. The van der Waals surface area contributed by atoms with E-state index in [0.717, 1.165) is 122 Å². The summed E-state index contributed by atoms with van der Waals surface area (Å²) in [6.07, 6.45) is 6.15. The fourth-order valence-corrected chi connectivity index (χ4v) is 11.9. The highest BCUT2D eigenvalue weighted by molar-refractivity contribution is 5.78. The van der Waals surface area contributed by atoms with Gasteiger partial charge in [0.05, 0.1) is 165 Å². The standard InChI is InChI=1S/C15H23NO3.C14H22N2O2.C14H24N2.C14H21NO3.C14H23NO.C13H20N2O2.C12H20N2O.C12H19NO2.2CH4/c1-12(2)18-9-6-13-4-3-5-14(16-13)10-19-15-7-8-17-11-15;1-9(2)13(17)15-10(3)11-7-6-8-12(16-11)14(4,5)18;1-11(2)15-10-9-12-7-6-8-13(16-12)14(3,4)5;1-11(2)17-8-12-4-3-5-13(15-12)9-18-14-6-7-16-10-14;1-11(2)16-10-9-12-7-6-8-13(15-12)14(3,4)5;1-9(2)12(16)14-8-10-6-5-7-11(15-10)13(3,4)17;1-9(2)13-8-10-6-5-7-11(14-10)12(3,4)15;1-9(2)15-8-10-6-5-7-11(13-10)12(3,4)14;;/h3-5,12,15H,6-11H2,1-2H3;6-10,18H,1-5H3,(H,15,17);6-8,11,15H,9-10H2,1-5H3;3-5,11,14H,6-10H2,1-2H3;6-8,11H,9-10H2,1-5H3;5-7,9,17H,8H2,1-4H3,(H,14,16);5-7,9,13,15H,8H2,1-4H3;5-7,9,14H,8H2,1-4H3;2*1H4. The van der Waals surface area contributed by atoms with Crippen molar-refractivity contribution in [2.24, 2.45) is 11.8 Å². The monoisotopic (exact) mass is 1890 g/mol. The fourth-order valence-electron chi connectivity index (χ4n) is 11.9. The van der Waals surface area contributed by atoms with E-state index in [1.54, 1.807) is 67.5 Å². The number of nitrogens with zero attached hydrogens (tertiary/aromatic N) is 8. The highest BCUT2D eigenvalue weighted by Crippen LogP contribution is 2.26. The molecule has 2 fully saturated rings. The molecule has 8 N–H and O–H groups in total. The van der Waals surface area contributed by atoms with Gasteiger partial charge >= 0.3 is 0 Å². The molecule has 3 unspecified atom stereocenters. The van der Waals surface area contributed by atoms with Crippen LogP contribution in [0.1, 0.15) is 339 Å². The van der Waals surface area contributed by atoms with Gasteiger partial charge < -0.3 is 79.6 Å². The number of hydrogen-bond donors (Lipinski definition) is 8. The van der Waals surface area contributed by atoms with Crippen LogP contribution in [0.4, 0.5) is 0 Å². The Bertz CT molecular complexity index is 4410. The Morgan fingerprint density at radius 3 is 1.01 bits per heavy atom. The van der Waals surface area contributed by atoms with Crippen LogP contribution in [0.5, 0.6) is 0 Å². The van der Waals surface area contributed by atoms with Crippen LogP contribution < -0.4 is 21.3 Å². The van der Waals surface area contributed by atoms with Gasteiger partial charge in [-0.1, -0.05) is 160 Å². The first-order valence-corrected chi connectivity index (χ1v) is 48.1. The van der Waals surface area contributed by atoms with Gasteiger partial charge in [-0.3, -0.25) is 49.5 Å². The van der Waals surface area contributed by atoms with Gasteiger partial charge in [0, 0.05) is 109 Å². The van der Waals surface area contributed by atoms with Crippen molar-refractivity contribution in [3.8, 4) is 0 Å². The second-order valence-electron chi connectivity index (χ2n) is 40.3. The molecular weight excluding hydrogens is 1710 g/mol. The van der Waals surface area contributed by atoms with Crippen LogP contribution in [0.15, 0.2) is 146 Å². The van der Waals surface area contributed by atoms with Crippen molar-refractivity contribution in [2.45, 2.75) is 389 Å². The summed E-state index contributed by atoms with van der Waals surface area (Å²) in [6.45, 7) is 69.6. The summed E-state index contributed by atoms with van der Waals surface area (Å²) in [5.41, 5.74) is 11.0. The van der Waals surface area contributed by atoms with E-state index in [4.69, 9.17) is 42.9 Å². The summed E-state index contributed by atoms with van der Waals surface area (Å²) >= 11 is 0. The summed E-state index contributed by atoms with van der Waals surface area (Å²) in [7, 11) is 0. The second kappa shape index (κ2) is 64.0. The average molecular weight is 1890 g/mol. The number of pyridine rings is 8. The Labute approximate surface area is 820 Å². The zero-order chi connectivity index (χ0) is 101. The predicted octanol–water partition coefficient (Wildman–Crippen LogP) is 20.0. The topological polar surface area (TPSA) is 340 Å². The lowest BCUT2D eigenvalue weighted by atomic mass is 9.91. The summed E-state index contributed by atoms with van der Waals surface area (Å²) in [5.74, 6) is -0.0872. The van der Waals surface area contributed by atoms with E-state index >= 15 is 0 Å². The van der Waals surface area contributed by atoms with Crippen molar-refractivity contribution < 1.29 is 67.9 Å². The lowest BCUT2D eigenvalue weighted by Crippen LogP contribution is -2.31.